The minimum atomic E-state index is 0.0948. The van der Waals surface area contributed by atoms with Gasteiger partial charge < -0.3 is 20.1 Å². The molecule has 0 radical (unpaired) electrons. The number of benzene rings is 1. The molecule has 0 unspecified atom stereocenters. The van der Waals surface area contributed by atoms with E-state index in [0.29, 0.717) is 32.3 Å². The first-order valence-corrected chi connectivity index (χ1v) is 9.73. The number of carbonyl (C=O) groups excluding carboxylic acids is 1. The lowest BCUT2D eigenvalue weighted by Crippen LogP contribution is -2.92. The van der Waals surface area contributed by atoms with Crippen molar-refractivity contribution < 1.29 is 19.6 Å². The topological polar surface area (TPSA) is 64.2 Å². The summed E-state index contributed by atoms with van der Waals surface area (Å²) < 4.78 is 11.0. The average molecular weight is 349 g/mol. The van der Waals surface area contributed by atoms with Gasteiger partial charge in [0.2, 0.25) is 0 Å². The van der Waals surface area contributed by atoms with Crippen LogP contribution in [-0.2, 0) is 4.79 Å². The maximum Gasteiger partial charge on any atom is 0.275 e. The second-order valence-electron chi connectivity index (χ2n) is 6.65. The van der Waals surface area contributed by atoms with Gasteiger partial charge in [-0.3, -0.25) is 4.79 Å². The molecule has 0 saturated heterocycles. The highest BCUT2D eigenvalue weighted by atomic mass is 16.5. The maximum atomic E-state index is 12.0. The van der Waals surface area contributed by atoms with Crippen molar-refractivity contribution in [2.75, 3.05) is 26.3 Å². The molecule has 5 heteroatoms. The van der Waals surface area contributed by atoms with Crippen molar-refractivity contribution in [2.24, 2.45) is 0 Å². The first kappa shape index (κ1) is 19.6. The highest BCUT2D eigenvalue weighted by Gasteiger charge is 2.15. The number of amides is 1. The molecule has 1 aromatic carbocycles. The molecule has 0 spiro atoms. The summed E-state index contributed by atoms with van der Waals surface area (Å²) >= 11 is 0. The Bertz CT molecular complexity index is 482. The summed E-state index contributed by atoms with van der Waals surface area (Å²) in [4.78, 5) is 12.0. The third kappa shape index (κ3) is 8.25. The fourth-order valence-electron chi connectivity index (χ4n) is 3.23. The van der Waals surface area contributed by atoms with E-state index in [9.17, 15) is 4.79 Å². The molecular formula is C20H33N2O3+. The average Bonchev–Trinajstić information content (AvgIpc) is 2.59. The number of hydrogen-bond acceptors (Lipinski definition) is 3. The molecule has 2 rings (SSSR count). The molecule has 5 nitrogen and oxygen atoms in total. The summed E-state index contributed by atoms with van der Waals surface area (Å²) in [6.07, 6.45) is 9.17. The molecule has 0 atom stereocenters. The van der Waals surface area contributed by atoms with Crippen LogP contribution >= 0.6 is 0 Å². The van der Waals surface area contributed by atoms with Crippen LogP contribution in [0, 0.1) is 0 Å². The van der Waals surface area contributed by atoms with Gasteiger partial charge in [-0.1, -0.05) is 19.3 Å². The summed E-state index contributed by atoms with van der Waals surface area (Å²) in [5.74, 6) is 1.73. The van der Waals surface area contributed by atoms with Gasteiger partial charge in [0.25, 0.3) is 5.91 Å². The maximum absolute atomic E-state index is 12.0. The normalized spacial score (nSPS) is 15.9. The van der Waals surface area contributed by atoms with Crippen LogP contribution in [0.4, 0.5) is 0 Å². The number of quaternary nitrogens is 1. The molecule has 0 heterocycles. The van der Waals surface area contributed by atoms with Crippen molar-refractivity contribution in [3.8, 4) is 11.5 Å². The van der Waals surface area contributed by atoms with Crippen molar-refractivity contribution in [1.82, 2.24) is 5.32 Å². The smallest absolute Gasteiger partial charge is 0.275 e. The van der Waals surface area contributed by atoms with Crippen LogP contribution in [0.2, 0.25) is 0 Å². The first-order chi connectivity index (χ1) is 12.3. The van der Waals surface area contributed by atoms with Crippen LogP contribution in [-0.4, -0.2) is 38.3 Å². The summed E-state index contributed by atoms with van der Waals surface area (Å²) in [5.41, 5.74) is 0. The number of nitrogens with one attached hydrogen (secondary N) is 1. The zero-order chi connectivity index (χ0) is 17.7. The lowest BCUT2D eigenvalue weighted by Gasteiger charge is -2.18. The molecule has 25 heavy (non-hydrogen) atoms. The summed E-state index contributed by atoms with van der Waals surface area (Å²) in [7, 11) is 0. The molecule has 1 amide bonds. The van der Waals surface area contributed by atoms with Gasteiger partial charge in [-0.25, -0.2) is 0 Å². The highest BCUT2D eigenvalue weighted by Crippen LogP contribution is 2.17. The van der Waals surface area contributed by atoms with Crippen molar-refractivity contribution in [3.05, 3.63) is 24.3 Å². The predicted molar refractivity (Wildman–Crippen MR) is 99.0 cm³/mol. The molecule has 0 aliphatic heterocycles. The van der Waals surface area contributed by atoms with E-state index in [0.717, 1.165) is 11.5 Å². The molecule has 1 saturated carbocycles. The van der Waals surface area contributed by atoms with Crippen molar-refractivity contribution >= 4 is 5.91 Å². The van der Waals surface area contributed by atoms with E-state index in [1.165, 1.54) is 44.9 Å². The van der Waals surface area contributed by atoms with Crippen LogP contribution in [0.15, 0.2) is 24.3 Å². The third-order valence-corrected chi connectivity index (χ3v) is 4.61. The predicted octanol–water partition coefficient (Wildman–Crippen LogP) is 2.26. The lowest BCUT2D eigenvalue weighted by atomic mass is 9.97. The Kier molecular flexibility index (Phi) is 9.19. The van der Waals surface area contributed by atoms with E-state index in [1.807, 2.05) is 31.2 Å². The monoisotopic (exact) mass is 349 g/mol. The lowest BCUT2D eigenvalue weighted by molar-refractivity contribution is -0.680. The SMILES string of the molecule is CCOc1ccc(OCCNC(=O)C[NH2+]C2CCCCCCC2)cc1. The highest BCUT2D eigenvalue weighted by molar-refractivity contribution is 5.76. The summed E-state index contributed by atoms with van der Waals surface area (Å²) in [6.45, 7) is 4.15. The van der Waals surface area contributed by atoms with E-state index < -0.39 is 0 Å². The fourth-order valence-corrected chi connectivity index (χ4v) is 3.23. The number of ether oxygens (including phenoxy) is 2. The van der Waals surface area contributed by atoms with Gasteiger partial charge in [0.05, 0.1) is 19.2 Å². The Hall–Kier alpha value is -1.75. The molecule has 0 aromatic heterocycles. The fraction of sp³-hybridized carbons (Fsp3) is 0.650. The second kappa shape index (κ2) is 11.7. The van der Waals surface area contributed by atoms with E-state index in [1.54, 1.807) is 0 Å². The number of hydrogen-bond donors (Lipinski definition) is 2. The zero-order valence-corrected chi connectivity index (χ0v) is 15.5. The third-order valence-electron chi connectivity index (χ3n) is 4.61. The Morgan fingerprint density at radius 2 is 1.64 bits per heavy atom. The van der Waals surface area contributed by atoms with Crippen molar-refractivity contribution in [1.29, 1.82) is 0 Å². The van der Waals surface area contributed by atoms with E-state index in [4.69, 9.17) is 9.47 Å². The Labute approximate surface area is 151 Å². The molecule has 1 fully saturated rings. The largest absolute Gasteiger partial charge is 0.494 e. The number of carbonyl (C=O) groups is 1. The molecule has 3 N–H and O–H groups in total. The van der Waals surface area contributed by atoms with Crippen LogP contribution < -0.4 is 20.1 Å². The number of nitrogens with two attached hydrogens (primary N) is 1. The van der Waals surface area contributed by atoms with Gasteiger partial charge in [0, 0.05) is 0 Å². The quantitative estimate of drug-likeness (QED) is 0.672. The van der Waals surface area contributed by atoms with E-state index in [-0.39, 0.29) is 5.91 Å². The Balaban J connectivity index is 1.55. The van der Waals surface area contributed by atoms with Gasteiger partial charge in [0.1, 0.15) is 18.1 Å². The van der Waals surface area contributed by atoms with Gasteiger partial charge in [0.15, 0.2) is 6.54 Å². The van der Waals surface area contributed by atoms with E-state index >= 15 is 0 Å². The zero-order valence-electron chi connectivity index (χ0n) is 15.5. The van der Waals surface area contributed by atoms with Crippen LogP contribution in [0.5, 0.6) is 11.5 Å². The molecule has 140 valence electrons. The van der Waals surface area contributed by atoms with Gasteiger partial charge >= 0.3 is 0 Å². The minimum absolute atomic E-state index is 0.0948. The first-order valence-electron chi connectivity index (χ1n) is 9.73. The van der Waals surface area contributed by atoms with Crippen LogP contribution in [0.3, 0.4) is 0 Å². The van der Waals surface area contributed by atoms with Crippen molar-refractivity contribution in [3.63, 3.8) is 0 Å². The van der Waals surface area contributed by atoms with Gasteiger partial charge in [-0.05, 0) is 56.9 Å². The summed E-state index contributed by atoms with van der Waals surface area (Å²) in [6, 6.07) is 8.17. The Morgan fingerprint density at radius 3 is 2.28 bits per heavy atom. The standard InChI is InChI=1S/C20H32N2O3/c1-2-24-18-10-12-19(13-11-18)25-15-14-21-20(23)16-22-17-8-6-4-3-5-7-9-17/h10-13,17,22H,2-9,14-16H2,1H3,(H,21,23)/p+1. The molecule has 1 aromatic rings. The second-order valence-corrected chi connectivity index (χ2v) is 6.65. The van der Waals surface area contributed by atoms with Gasteiger partial charge in [-0.2, -0.15) is 0 Å². The van der Waals surface area contributed by atoms with Crippen LogP contribution in [0.1, 0.15) is 51.9 Å². The molecule has 1 aliphatic rings. The van der Waals surface area contributed by atoms with E-state index in [2.05, 4.69) is 10.6 Å². The molecule has 0 bridgehead atoms. The van der Waals surface area contributed by atoms with Gasteiger partial charge in [-0.15, -0.1) is 0 Å². The van der Waals surface area contributed by atoms with Crippen molar-refractivity contribution in [2.45, 2.75) is 57.9 Å². The number of rotatable bonds is 9. The minimum Gasteiger partial charge on any atom is -0.494 e. The Morgan fingerprint density at radius 1 is 1.04 bits per heavy atom. The molecular weight excluding hydrogens is 316 g/mol. The summed E-state index contributed by atoms with van der Waals surface area (Å²) in [5, 5.41) is 5.15. The van der Waals surface area contributed by atoms with Crippen LogP contribution in [0.25, 0.3) is 0 Å². The molecule has 1 aliphatic carbocycles.